The molecule has 0 radical (unpaired) electrons. The second-order valence-corrected chi connectivity index (χ2v) is 9.48. The molecule has 0 bridgehead atoms. The molecule has 0 amide bonds. The van der Waals surface area contributed by atoms with Crippen LogP contribution in [-0.4, -0.2) is 58.3 Å². The lowest BCUT2D eigenvalue weighted by Crippen LogP contribution is -2.36. The average Bonchev–Trinajstić information content (AvgIpc) is 3.01. The summed E-state index contributed by atoms with van der Waals surface area (Å²) in [5.41, 5.74) is -1.06. The predicted molar refractivity (Wildman–Crippen MR) is 122 cm³/mol. The summed E-state index contributed by atoms with van der Waals surface area (Å²) in [7, 11) is -1.42. The van der Waals surface area contributed by atoms with E-state index in [2.05, 4.69) is 48.8 Å². The van der Waals surface area contributed by atoms with Gasteiger partial charge in [0, 0.05) is 30.3 Å². The van der Waals surface area contributed by atoms with E-state index in [1.807, 2.05) is 6.92 Å². The summed E-state index contributed by atoms with van der Waals surface area (Å²) in [5, 5.41) is 0. The molecule has 32 heavy (non-hydrogen) atoms. The number of nitrogens with one attached hydrogen (secondary N) is 1. The van der Waals surface area contributed by atoms with Crippen LogP contribution in [0.25, 0.3) is 4.85 Å². The summed E-state index contributed by atoms with van der Waals surface area (Å²) in [6.45, 7) is 21.6. The zero-order valence-corrected chi connectivity index (χ0v) is 20.2. The highest BCUT2D eigenvalue weighted by molar-refractivity contribution is 7.44. The van der Waals surface area contributed by atoms with E-state index in [1.54, 1.807) is 0 Å². The molecule has 1 fully saturated rings. The maximum absolute atomic E-state index is 12.3. The van der Waals surface area contributed by atoms with Gasteiger partial charge >= 0.3 is 5.69 Å². The minimum absolute atomic E-state index is 0.136. The molecule has 2 rings (SSSR count). The molecular formula is C21H33N4O6P. The quantitative estimate of drug-likeness (QED) is 0.218. The van der Waals surface area contributed by atoms with Gasteiger partial charge < -0.3 is 23.4 Å². The van der Waals surface area contributed by atoms with E-state index in [0.29, 0.717) is 0 Å². The Morgan fingerprint density at radius 2 is 2.03 bits per heavy atom. The number of aromatic amines is 1. The number of aromatic nitrogens is 2. The summed E-state index contributed by atoms with van der Waals surface area (Å²) in [6.07, 6.45) is 1.07. The van der Waals surface area contributed by atoms with Gasteiger partial charge in [0.15, 0.2) is 6.23 Å². The smallest absolute Gasteiger partial charge is 0.330 e. The van der Waals surface area contributed by atoms with Crippen LogP contribution >= 0.6 is 8.53 Å². The van der Waals surface area contributed by atoms with E-state index in [9.17, 15) is 9.59 Å². The first-order valence-corrected chi connectivity index (χ1v) is 11.7. The van der Waals surface area contributed by atoms with Gasteiger partial charge in [0.25, 0.3) is 14.1 Å². The van der Waals surface area contributed by atoms with Crippen molar-refractivity contribution in [3.05, 3.63) is 57.4 Å². The molecule has 10 nitrogen and oxygen atoms in total. The SMILES string of the molecule is [C-]#[N+]CCOP(OC[C@H]1O[C@@H](n2ccc(=O)[nH]c2=O)[C@H](OC=C)[C@@H]1C)N(C(C)C)C(C)C. The minimum atomic E-state index is -1.42. The Bertz CT molecular complexity index is 887. The van der Waals surface area contributed by atoms with Gasteiger partial charge in [-0.25, -0.2) is 16.0 Å². The highest BCUT2D eigenvalue weighted by atomic mass is 31.2. The summed E-state index contributed by atoms with van der Waals surface area (Å²) in [5.74, 6) is -0.136. The van der Waals surface area contributed by atoms with Crippen LogP contribution in [-0.2, 0) is 18.5 Å². The molecule has 1 unspecified atom stereocenters. The van der Waals surface area contributed by atoms with Gasteiger partial charge in [-0.15, -0.1) is 0 Å². The Morgan fingerprint density at radius 3 is 2.59 bits per heavy atom. The molecule has 0 aliphatic carbocycles. The Balaban J connectivity index is 2.19. The number of ether oxygens (including phenoxy) is 2. The molecular weight excluding hydrogens is 435 g/mol. The molecule has 178 valence electrons. The van der Waals surface area contributed by atoms with E-state index in [4.69, 9.17) is 25.1 Å². The molecule has 0 spiro atoms. The Morgan fingerprint density at radius 1 is 1.34 bits per heavy atom. The van der Waals surface area contributed by atoms with Crippen molar-refractivity contribution in [2.75, 3.05) is 19.8 Å². The first-order chi connectivity index (χ1) is 15.2. The lowest BCUT2D eigenvalue weighted by molar-refractivity contribution is -0.0543. The Kier molecular flexibility index (Phi) is 10.1. The summed E-state index contributed by atoms with van der Waals surface area (Å²) < 4.78 is 27.4. The fraction of sp³-hybridized carbons (Fsp3) is 0.667. The van der Waals surface area contributed by atoms with E-state index in [1.165, 1.54) is 23.1 Å². The van der Waals surface area contributed by atoms with E-state index in [0.717, 1.165) is 0 Å². The van der Waals surface area contributed by atoms with Crippen LogP contribution in [0.5, 0.6) is 0 Å². The first-order valence-electron chi connectivity index (χ1n) is 10.6. The third-order valence-electron chi connectivity index (χ3n) is 5.08. The topological polar surface area (TPSA) is 99.4 Å². The highest BCUT2D eigenvalue weighted by Gasteiger charge is 2.45. The van der Waals surface area contributed by atoms with E-state index >= 15 is 0 Å². The number of H-pyrrole nitrogens is 1. The zero-order chi connectivity index (χ0) is 23.8. The second-order valence-electron chi connectivity index (χ2n) is 8.03. The molecule has 1 aromatic rings. The van der Waals surface area contributed by atoms with Gasteiger partial charge in [0.2, 0.25) is 6.54 Å². The van der Waals surface area contributed by atoms with Crippen LogP contribution in [0.3, 0.4) is 0 Å². The summed E-state index contributed by atoms with van der Waals surface area (Å²) in [4.78, 5) is 29.3. The lowest BCUT2D eigenvalue weighted by Gasteiger charge is -2.35. The molecule has 2 heterocycles. The monoisotopic (exact) mass is 468 g/mol. The van der Waals surface area contributed by atoms with Crippen molar-refractivity contribution in [1.29, 1.82) is 0 Å². The average molecular weight is 468 g/mol. The predicted octanol–water partition coefficient (Wildman–Crippen LogP) is 2.90. The van der Waals surface area contributed by atoms with Gasteiger partial charge in [-0.05, 0) is 27.7 Å². The summed E-state index contributed by atoms with van der Waals surface area (Å²) in [6, 6.07) is 1.62. The standard InChI is InChI=1S/C21H33N4O6P/c1-8-28-19-16(6)17(31-20(19)24-11-9-18(26)23-21(24)27)13-30-32(29-12-10-22-7)25(14(2)3)15(4)5/h8-9,11,14-17,19-20H,1,10,12-13H2,2-6H3,(H,23,26,27)/t16-,17-,19-,20-,32?/m1/s1. The normalized spacial score (nSPS) is 24.1. The summed E-state index contributed by atoms with van der Waals surface area (Å²) >= 11 is 0. The molecule has 0 saturated carbocycles. The van der Waals surface area contributed by atoms with Crippen LogP contribution in [0.2, 0.25) is 0 Å². The van der Waals surface area contributed by atoms with Crippen molar-refractivity contribution < 1.29 is 18.5 Å². The van der Waals surface area contributed by atoms with Gasteiger partial charge in [0.05, 0.1) is 19.0 Å². The number of hydrogen-bond donors (Lipinski definition) is 1. The molecule has 1 N–H and O–H groups in total. The maximum atomic E-state index is 12.3. The molecule has 1 saturated heterocycles. The fourth-order valence-corrected chi connectivity index (χ4v) is 5.25. The van der Waals surface area contributed by atoms with Crippen molar-refractivity contribution >= 4 is 8.53 Å². The second kappa shape index (κ2) is 12.3. The van der Waals surface area contributed by atoms with Crippen molar-refractivity contribution in [3.63, 3.8) is 0 Å². The van der Waals surface area contributed by atoms with Crippen molar-refractivity contribution in [2.45, 2.75) is 65.1 Å². The van der Waals surface area contributed by atoms with Crippen LogP contribution < -0.4 is 11.2 Å². The number of nitrogens with zero attached hydrogens (tertiary/aromatic N) is 3. The highest BCUT2D eigenvalue weighted by Crippen LogP contribution is 2.47. The molecule has 1 aliphatic rings. The first kappa shape index (κ1) is 26.2. The van der Waals surface area contributed by atoms with Crippen LogP contribution in [0, 0.1) is 12.5 Å². The Hall–Kier alpha value is -2.02. The third-order valence-corrected chi connectivity index (χ3v) is 7.15. The van der Waals surface area contributed by atoms with Crippen molar-refractivity contribution in [3.8, 4) is 0 Å². The van der Waals surface area contributed by atoms with E-state index in [-0.39, 0.29) is 43.9 Å². The van der Waals surface area contributed by atoms with Gasteiger partial charge in [0.1, 0.15) is 12.7 Å². The molecule has 5 atom stereocenters. The fourth-order valence-electron chi connectivity index (χ4n) is 3.64. The van der Waals surface area contributed by atoms with Gasteiger partial charge in [-0.1, -0.05) is 13.5 Å². The van der Waals surface area contributed by atoms with Gasteiger partial charge in [-0.3, -0.25) is 14.3 Å². The molecule has 11 heteroatoms. The van der Waals surface area contributed by atoms with E-state index < -0.39 is 32.1 Å². The zero-order valence-electron chi connectivity index (χ0n) is 19.3. The Labute approximate surface area is 189 Å². The van der Waals surface area contributed by atoms with Gasteiger partial charge in [-0.2, -0.15) is 0 Å². The molecule has 1 aliphatic heterocycles. The lowest BCUT2D eigenvalue weighted by atomic mass is 10.0. The molecule has 0 aromatic carbocycles. The van der Waals surface area contributed by atoms with Crippen LogP contribution in [0.4, 0.5) is 0 Å². The largest absolute Gasteiger partial charge is 0.494 e. The van der Waals surface area contributed by atoms with Crippen molar-refractivity contribution in [2.24, 2.45) is 5.92 Å². The van der Waals surface area contributed by atoms with Crippen LogP contribution in [0.1, 0.15) is 40.8 Å². The number of rotatable bonds is 12. The molecule has 1 aromatic heterocycles. The maximum Gasteiger partial charge on any atom is 0.330 e. The minimum Gasteiger partial charge on any atom is -0.494 e. The van der Waals surface area contributed by atoms with Crippen LogP contribution in [0.15, 0.2) is 34.7 Å². The third kappa shape index (κ3) is 6.50. The van der Waals surface area contributed by atoms with Crippen molar-refractivity contribution in [1.82, 2.24) is 14.2 Å². The number of hydrogen-bond acceptors (Lipinski definition) is 7.